The number of morpholine rings is 1. The number of phenolic OH excluding ortho intramolecular Hbond substituents is 1. The lowest BCUT2D eigenvalue weighted by Crippen LogP contribution is -2.42. The lowest BCUT2D eigenvalue weighted by Gasteiger charge is -2.33. The summed E-state index contributed by atoms with van der Waals surface area (Å²) < 4.78 is 11.2. The zero-order valence-electron chi connectivity index (χ0n) is 15.8. The van der Waals surface area contributed by atoms with Crippen molar-refractivity contribution in [1.82, 2.24) is 4.90 Å². The zero-order valence-corrected chi connectivity index (χ0v) is 15.8. The summed E-state index contributed by atoms with van der Waals surface area (Å²) in [5, 5.41) is 11.6. The average Bonchev–Trinajstić information content (AvgIpc) is 2.74. The molecule has 0 spiro atoms. The fourth-order valence-corrected chi connectivity index (χ4v) is 3.55. The predicted molar refractivity (Wildman–Crippen MR) is 108 cm³/mol. The van der Waals surface area contributed by atoms with E-state index in [4.69, 9.17) is 9.47 Å². The molecule has 1 saturated heterocycles. The molecule has 28 heavy (non-hydrogen) atoms. The van der Waals surface area contributed by atoms with Gasteiger partial charge in [0.05, 0.1) is 26.7 Å². The van der Waals surface area contributed by atoms with E-state index in [1.54, 1.807) is 31.4 Å². The van der Waals surface area contributed by atoms with Gasteiger partial charge < -0.3 is 19.5 Å². The molecule has 0 aliphatic carbocycles. The molecule has 0 radical (unpaired) electrons. The summed E-state index contributed by atoms with van der Waals surface area (Å²) in [4.78, 5) is 14.6. The molecule has 1 heterocycles. The van der Waals surface area contributed by atoms with Crippen molar-refractivity contribution < 1.29 is 19.4 Å². The maximum Gasteiger partial charge on any atom is 0.227 e. The minimum absolute atomic E-state index is 0.0736. The summed E-state index contributed by atoms with van der Waals surface area (Å²) in [6, 6.07) is 19.0. The molecule has 0 unspecified atom stereocenters. The van der Waals surface area contributed by atoms with Crippen LogP contribution < -0.4 is 4.74 Å². The Kier molecular flexibility index (Phi) is 5.17. The second-order valence-corrected chi connectivity index (χ2v) is 7.01. The highest BCUT2D eigenvalue weighted by Crippen LogP contribution is 2.28. The lowest BCUT2D eigenvalue weighted by molar-refractivity contribution is -0.138. The molecule has 5 nitrogen and oxygen atoms in total. The van der Waals surface area contributed by atoms with Crippen LogP contribution >= 0.6 is 0 Å². The first kappa shape index (κ1) is 18.3. The first-order valence-electron chi connectivity index (χ1n) is 9.37. The SMILES string of the molecule is COc1ccc2cc([C@H]3CN(C(=O)Cc4ccc(O)cc4)CCO3)ccc2c1. The summed E-state index contributed by atoms with van der Waals surface area (Å²) in [5.74, 6) is 1.11. The van der Waals surface area contributed by atoms with Crippen LogP contribution in [0.5, 0.6) is 11.5 Å². The molecule has 5 heteroatoms. The number of rotatable bonds is 4. The summed E-state index contributed by atoms with van der Waals surface area (Å²) in [6.07, 6.45) is 0.189. The Morgan fingerprint density at radius 1 is 1.11 bits per heavy atom. The van der Waals surface area contributed by atoms with Crippen LogP contribution in [0.15, 0.2) is 60.7 Å². The number of nitrogens with zero attached hydrogens (tertiary/aromatic N) is 1. The third-order valence-electron chi connectivity index (χ3n) is 5.15. The van der Waals surface area contributed by atoms with Crippen LogP contribution in [0.25, 0.3) is 10.8 Å². The van der Waals surface area contributed by atoms with Gasteiger partial charge in [-0.15, -0.1) is 0 Å². The lowest BCUT2D eigenvalue weighted by atomic mass is 10.0. The van der Waals surface area contributed by atoms with E-state index in [-0.39, 0.29) is 17.8 Å². The minimum atomic E-state index is -0.135. The summed E-state index contributed by atoms with van der Waals surface area (Å²) in [5.41, 5.74) is 1.96. The topological polar surface area (TPSA) is 59.0 Å². The number of carbonyl (C=O) groups is 1. The van der Waals surface area contributed by atoms with Gasteiger partial charge in [-0.2, -0.15) is 0 Å². The van der Waals surface area contributed by atoms with Crippen molar-refractivity contribution in [3.8, 4) is 11.5 Å². The largest absolute Gasteiger partial charge is 0.508 e. The molecular weight excluding hydrogens is 354 g/mol. The van der Waals surface area contributed by atoms with Crippen LogP contribution in [0, 0.1) is 0 Å². The van der Waals surface area contributed by atoms with Crippen LogP contribution in [-0.4, -0.2) is 42.7 Å². The number of carbonyl (C=O) groups excluding carboxylic acids is 1. The number of hydrogen-bond acceptors (Lipinski definition) is 4. The van der Waals surface area contributed by atoms with Gasteiger partial charge in [0.1, 0.15) is 17.6 Å². The maximum atomic E-state index is 12.7. The molecule has 1 amide bonds. The maximum absolute atomic E-state index is 12.7. The number of ether oxygens (including phenoxy) is 2. The molecule has 1 aliphatic heterocycles. The second-order valence-electron chi connectivity index (χ2n) is 7.01. The van der Waals surface area contributed by atoms with E-state index in [0.29, 0.717) is 26.1 Å². The van der Waals surface area contributed by atoms with Crippen molar-refractivity contribution in [3.63, 3.8) is 0 Å². The van der Waals surface area contributed by atoms with E-state index >= 15 is 0 Å². The van der Waals surface area contributed by atoms with Crippen molar-refractivity contribution in [3.05, 3.63) is 71.8 Å². The Morgan fingerprint density at radius 3 is 2.64 bits per heavy atom. The Bertz CT molecular complexity index is 984. The number of aromatic hydroxyl groups is 1. The number of methoxy groups -OCH3 is 1. The fourth-order valence-electron chi connectivity index (χ4n) is 3.55. The summed E-state index contributed by atoms with van der Waals surface area (Å²) in [6.45, 7) is 1.66. The van der Waals surface area contributed by atoms with E-state index in [1.807, 2.05) is 23.1 Å². The molecular formula is C23H23NO4. The third-order valence-corrected chi connectivity index (χ3v) is 5.15. The number of phenols is 1. The van der Waals surface area contributed by atoms with E-state index in [9.17, 15) is 9.90 Å². The average molecular weight is 377 g/mol. The van der Waals surface area contributed by atoms with Crippen molar-refractivity contribution in [1.29, 1.82) is 0 Å². The molecule has 144 valence electrons. The molecule has 1 atom stereocenters. The molecule has 0 aromatic heterocycles. The third kappa shape index (κ3) is 3.94. The highest BCUT2D eigenvalue weighted by atomic mass is 16.5. The Morgan fingerprint density at radius 2 is 1.86 bits per heavy atom. The van der Waals surface area contributed by atoms with E-state index in [0.717, 1.165) is 27.6 Å². The standard InChI is InChI=1S/C23H23NO4/c1-27-21-9-6-17-13-19(5-4-18(17)14-21)22-15-24(10-11-28-22)23(26)12-16-2-7-20(25)8-3-16/h2-9,13-14,22,25H,10-12,15H2,1H3/t22-/m1/s1. The fraction of sp³-hybridized carbons (Fsp3) is 0.261. The van der Waals surface area contributed by atoms with Crippen LogP contribution in [0.4, 0.5) is 0 Å². The van der Waals surface area contributed by atoms with Crippen molar-refractivity contribution in [2.45, 2.75) is 12.5 Å². The van der Waals surface area contributed by atoms with Crippen LogP contribution in [0.3, 0.4) is 0 Å². The van der Waals surface area contributed by atoms with Crippen LogP contribution in [0.1, 0.15) is 17.2 Å². The Labute approximate surface area is 164 Å². The monoisotopic (exact) mass is 377 g/mol. The van der Waals surface area contributed by atoms with E-state index in [1.165, 1.54) is 0 Å². The van der Waals surface area contributed by atoms with Gasteiger partial charge in [0.15, 0.2) is 0 Å². The molecule has 0 bridgehead atoms. The van der Waals surface area contributed by atoms with Crippen molar-refractivity contribution in [2.24, 2.45) is 0 Å². The molecule has 3 aromatic rings. The molecule has 1 aliphatic rings. The first-order chi connectivity index (χ1) is 13.6. The van der Waals surface area contributed by atoms with Gasteiger partial charge in [0.25, 0.3) is 0 Å². The molecule has 3 aromatic carbocycles. The number of benzene rings is 3. The normalized spacial score (nSPS) is 16.9. The number of hydrogen-bond donors (Lipinski definition) is 1. The number of fused-ring (bicyclic) bond motifs is 1. The van der Waals surface area contributed by atoms with Crippen molar-refractivity contribution in [2.75, 3.05) is 26.8 Å². The minimum Gasteiger partial charge on any atom is -0.508 e. The molecule has 0 saturated carbocycles. The van der Waals surface area contributed by atoms with Gasteiger partial charge >= 0.3 is 0 Å². The quantitative estimate of drug-likeness (QED) is 0.753. The van der Waals surface area contributed by atoms with Gasteiger partial charge in [-0.3, -0.25) is 4.79 Å². The first-order valence-corrected chi connectivity index (χ1v) is 9.37. The summed E-state index contributed by atoms with van der Waals surface area (Å²) >= 11 is 0. The van der Waals surface area contributed by atoms with Gasteiger partial charge in [-0.25, -0.2) is 0 Å². The smallest absolute Gasteiger partial charge is 0.227 e. The van der Waals surface area contributed by atoms with Crippen molar-refractivity contribution >= 4 is 16.7 Å². The zero-order chi connectivity index (χ0) is 19.5. The van der Waals surface area contributed by atoms with Gasteiger partial charge in [0, 0.05) is 6.54 Å². The second kappa shape index (κ2) is 7.90. The summed E-state index contributed by atoms with van der Waals surface area (Å²) in [7, 11) is 1.66. The Hall–Kier alpha value is -3.05. The predicted octanol–water partition coefficient (Wildman–Crippen LogP) is 3.70. The molecule has 1 N–H and O–H groups in total. The van der Waals surface area contributed by atoms with E-state index in [2.05, 4.69) is 18.2 Å². The Balaban J connectivity index is 1.47. The molecule has 4 rings (SSSR count). The van der Waals surface area contributed by atoms with Gasteiger partial charge in [-0.05, 0) is 52.2 Å². The number of amides is 1. The van der Waals surface area contributed by atoms with Gasteiger partial charge in [0.2, 0.25) is 5.91 Å². The highest BCUT2D eigenvalue weighted by molar-refractivity contribution is 5.84. The van der Waals surface area contributed by atoms with E-state index < -0.39 is 0 Å². The highest BCUT2D eigenvalue weighted by Gasteiger charge is 2.25. The van der Waals surface area contributed by atoms with Crippen LogP contribution in [-0.2, 0) is 16.0 Å². The van der Waals surface area contributed by atoms with Gasteiger partial charge in [-0.1, -0.05) is 30.3 Å². The van der Waals surface area contributed by atoms with Crippen LogP contribution in [0.2, 0.25) is 0 Å². The molecule has 1 fully saturated rings.